The minimum absolute atomic E-state index is 0.00630. The third kappa shape index (κ3) is 5.08. The molecule has 1 aromatic rings. The Morgan fingerprint density at radius 3 is 2.48 bits per heavy atom. The number of carboxylic acid groups (broad SMARTS) is 1. The van der Waals surface area contributed by atoms with Crippen molar-refractivity contribution in [3.63, 3.8) is 0 Å². The lowest BCUT2D eigenvalue weighted by Gasteiger charge is -2.24. The van der Waals surface area contributed by atoms with Crippen LogP contribution in [0, 0.1) is 5.41 Å². The summed E-state index contributed by atoms with van der Waals surface area (Å²) in [5.74, 6) is -0.966. The fraction of sp³-hybridized carbons (Fsp3) is 0.579. The van der Waals surface area contributed by atoms with Gasteiger partial charge < -0.3 is 10.4 Å². The van der Waals surface area contributed by atoms with Crippen molar-refractivity contribution < 1.29 is 14.7 Å². The SMILES string of the molecule is C[C@H](NC(=O)CC(C)(C)CC(=O)O)c1ccc2c(c1)CCCC2. The van der Waals surface area contributed by atoms with Gasteiger partial charge in [0, 0.05) is 6.42 Å². The normalized spacial score (nSPS) is 15.6. The first-order valence-corrected chi connectivity index (χ1v) is 8.40. The lowest BCUT2D eigenvalue weighted by Crippen LogP contribution is -2.32. The molecule has 1 atom stereocenters. The molecule has 23 heavy (non-hydrogen) atoms. The number of nitrogens with one attached hydrogen (secondary N) is 1. The number of aryl methyl sites for hydroxylation is 2. The van der Waals surface area contributed by atoms with E-state index in [1.807, 2.05) is 20.8 Å². The number of amides is 1. The number of carbonyl (C=O) groups excluding carboxylic acids is 1. The molecule has 0 aliphatic heterocycles. The molecule has 0 radical (unpaired) electrons. The molecule has 2 N–H and O–H groups in total. The van der Waals surface area contributed by atoms with E-state index in [2.05, 4.69) is 23.5 Å². The number of aliphatic carboxylic acids is 1. The quantitative estimate of drug-likeness (QED) is 0.842. The van der Waals surface area contributed by atoms with Gasteiger partial charge in [0.05, 0.1) is 12.5 Å². The highest BCUT2D eigenvalue weighted by Gasteiger charge is 2.26. The number of fused-ring (bicyclic) bond motifs is 1. The number of carbonyl (C=O) groups is 2. The van der Waals surface area contributed by atoms with E-state index in [1.54, 1.807) is 0 Å². The Bertz CT molecular complexity index is 592. The van der Waals surface area contributed by atoms with Crippen molar-refractivity contribution in [3.8, 4) is 0 Å². The minimum Gasteiger partial charge on any atom is -0.481 e. The van der Waals surface area contributed by atoms with Crippen LogP contribution in [0.3, 0.4) is 0 Å². The van der Waals surface area contributed by atoms with E-state index in [-0.39, 0.29) is 24.8 Å². The molecule has 0 aromatic heterocycles. The summed E-state index contributed by atoms with van der Waals surface area (Å²) in [6, 6.07) is 6.43. The third-order valence-corrected chi connectivity index (χ3v) is 4.52. The van der Waals surface area contributed by atoms with Crippen LogP contribution >= 0.6 is 0 Å². The van der Waals surface area contributed by atoms with Crippen LogP contribution in [0.25, 0.3) is 0 Å². The number of rotatable bonds is 6. The zero-order chi connectivity index (χ0) is 17.0. The summed E-state index contributed by atoms with van der Waals surface area (Å²) in [5, 5.41) is 11.9. The van der Waals surface area contributed by atoms with E-state index in [0.29, 0.717) is 0 Å². The summed E-state index contributed by atoms with van der Waals surface area (Å²) in [7, 11) is 0. The molecular weight excluding hydrogens is 290 g/mol. The van der Waals surface area contributed by atoms with Gasteiger partial charge >= 0.3 is 5.97 Å². The molecule has 0 saturated carbocycles. The standard InChI is InChI=1S/C19H27NO3/c1-13(20-17(21)11-19(2,3)12-18(22)23)15-9-8-14-6-4-5-7-16(14)10-15/h8-10,13H,4-7,11-12H2,1-3H3,(H,20,21)(H,22,23)/t13-/m0/s1. The van der Waals surface area contributed by atoms with Gasteiger partial charge in [-0.05, 0) is 54.7 Å². The minimum atomic E-state index is -0.870. The van der Waals surface area contributed by atoms with Crippen molar-refractivity contribution in [1.29, 1.82) is 0 Å². The van der Waals surface area contributed by atoms with Gasteiger partial charge in [0.2, 0.25) is 5.91 Å². The Balaban J connectivity index is 1.97. The molecule has 126 valence electrons. The lowest BCUT2D eigenvalue weighted by atomic mass is 9.85. The van der Waals surface area contributed by atoms with Crippen LogP contribution in [0.1, 0.15) is 69.2 Å². The predicted molar refractivity (Wildman–Crippen MR) is 90.3 cm³/mol. The molecule has 0 spiro atoms. The summed E-state index contributed by atoms with van der Waals surface area (Å²) in [5.41, 5.74) is 3.42. The smallest absolute Gasteiger partial charge is 0.303 e. The van der Waals surface area contributed by atoms with E-state index in [4.69, 9.17) is 5.11 Å². The molecule has 0 saturated heterocycles. The highest BCUT2D eigenvalue weighted by atomic mass is 16.4. The first-order valence-electron chi connectivity index (χ1n) is 8.40. The fourth-order valence-corrected chi connectivity index (χ4v) is 3.31. The van der Waals surface area contributed by atoms with Crippen LogP contribution in [0.5, 0.6) is 0 Å². The zero-order valence-corrected chi connectivity index (χ0v) is 14.3. The van der Waals surface area contributed by atoms with Gasteiger partial charge in [-0.1, -0.05) is 32.0 Å². The van der Waals surface area contributed by atoms with Crippen LogP contribution in [-0.4, -0.2) is 17.0 Å². The summed E-state index contributed by atoms with van der Waals surface area (Å²) in [6.45, 7) is 5.60. The molecule has 1 aromatic carbocycles. The predicted octanol–water partition coefficient (Wildman–Crippen LogP) is 3.63. The fourth-order valence-electron chi connectivity index (χ4n) is 3.31. The van der Waals surface area contributed by atoms with Gasteiger partial charge in [0.1, 0.15) is 0 Å². The van der Waals surface area contributed by atoms with Gasteiger partial charge in [0.25, 0.3) is 0 Å². The summed E-state index contributed by atoms with van der Waals surface area (Å²) >= 11 is 0. The summed E-state index contributed by atoms with van der Waals surface area (Å²) in [4.78, 5) is 23.1. The highest BCUT2D eigenvalue weighted by molar-refractivity contribution is 5.78. The topological polar surface area (TPSA) is 66.4 Å². The Morgan fingerprint density at radius 2 is 1.83 bits per heavy atom. The molecule has 0 bridgehead atoms. The van der Waals surface area contributed by atoms with Gasteiger partial charge in [-0.2, -0.15) is 0 Å². The van der Waals surface area contributed by atoms with Crippen LogP contribution < -0.4 is 5.32 Å². The number of hydrogen-bond acceptors (Lipinski definition) is 2. The first-order chi connectivity index (χ1) is 10.8. The van der Waals surface area contributed by atoms with Crippen molar-refractivity contribution in [2.24, 2.45) is 5.41 Å². The zero-order valence-electron chi connectivity index (χ0n) is 14.3. The van der Waals surface area contributed by atoms with Crippen molar-refractivity contribution in [2.45, 2.75) is 65.3 Å². The third-order valence-electron chi connectivity index (χ3n) is 4.52. The maximum Gasteiger partial charge on any atom is 0.303 e. The first kappa shape index (κ1) is 17.5. The Labute approximate surface area is 138 Å². The molecule has 1 aliphatic carbocycles. The van der Waals surface area contributed by atoms with Crippen LogP contribution in [-0.2, 0) is 22.4 Å². The summed E-state index contributed by atoms with van der Waals surface area (Å²) < 4.78 is 0. The van der Waals surface area contributed by atoms with Crippen LogP contribution in [0.4, 0.5) is 0 Å². The van der Waals surface area contributed by atoms with Gasteiger partial charge in [-0.3, -0.25) is 9.59 Å². The van der Waals surface area contributed by atoms with Crippen molar-refractivity contribution in [3.05, 3.63) is 34.9 Å². The Hall–Kier alpha value is -1.84. The molecule has 4 nitrogen and oxygen atoms in total. The molecule has 0 heterocycles. The molecule has 1 aliphatic rings. The van der Waals surface area contributed by atoms with Crippen molar-refractivity contribution >= 4 is 11.9 Å². The average Bonchev–Trinajstić information content (AvgIpc) is 2.44. The maximum absolute atomic E-state index is 12.2. The molecule has 4 heteroatoms. The highest BCUT2D eigenvalue weighted by Crippen LogP contribution is 2.27. The Kier molecular flexibility index (Phi) is 5.45. The number of hydrogen-bond donors (Lipinski definition) is 2. The van der Waals surface area contributed by atoms with Crippen LogP contribution in [0.2, 0.25) is 0 Å². The molecule has 0 fully saturated rings. The molecular formula is C19H27NO3. The molecule has 0 unspecified atom stereocenters. The maximum atomic E-state index is 12.2. The van der Waals surface area contributed by atoms with Gasteiger partial charge in [-0.25, -0.2) is 0 Å². The van der Waals surface area contributed by atoms with E-state index >= 15 is 0 Å². The van der Waals surface area contributed by atoms with Crippen LogP contribution in [0.15, 0.2) is 18.2 Å². The molecule has 1 amide bonds. The van der Waals surface area contributed by atoms with E-state index in [9.17, 15) is 9.59 Å². The molecule has 2 rings (SSSR count). The Morgan fingerprint density at radius 1 is 1.17 bits per heavy atom. The summed E-state index contributed by atoms with van der Waals surface area (Å²) in [6.07, 6.45) is 4.98. The van der Waals surface area contributed by atoms with Gasteiger partial charge in [0.15, 0.2) is 0 Å². The average molecular weight is 317 g/mol. The lowest BCUT2D eigenvalue weighted by molar-refractivity contribution is -0.139. The number of carboxylic acids is 1. The second kappa shape index (κ2) is 7.16. The van der Waals surface area contributed by atoms with E-state index in [1.165, 1.54) is 24.0 Å². The van der Waals surface area contributed by atoms with E-state index < -0.39 is 11.4 Å². The number of benzene rings is 1. The van der Waals surface area contributed by atoms with E-state index in [0.717, 1.165) is 18.4 Å². The van der Waals surface area contributed by atoms with Crippen molar-refractivity contribution in [1.82, 2.24) is 5.32 Å². The van der Waals surface area contributed by atoms with Crippen molar-refractivity contribution in [2.75, 3.05) is 0 Å². The monoisotopic (exact) mass is 317 g/mol. The van der Waals surface area contributed by atoms with Gasteiger partial charge in [-0.15, -0.1) is 0 Å². The second-order valence-corrected chi connectivity index (χ2v) is 7.44. The largest absolute Gasteiger partial charge is 0.481 e. The second-order valence-electron chi connectivity index (χ2n) is 7.44.